The molecule has 2 aliphatic rings. The molecule has 0 spiro atoms. The van der Waals surface area contributed by atoms with Gasteiger partial charge >= 0.3 is 11.4 Å². The van der Waals surface area contributed by atoms with Gasteiger partial charge in [0.2, 0.25) is 0 Å². The Balaban J connectivity index is 2.01. The molecule has 2 aliphatic heterocycles. The molecule has 5 nitrogen and oxygen atoms in total. The van der Waals surface area contributed by atoms with Crippen molar-refractivity contribution in [2.75, 3.05) is 18.1 Å². The molecule has 15 heavy (non-hydrogen) atoms. The Morgan fingerprint density at radius 3 is 2.73 bits per heavy atom. The first-order valence-corrected chi connectivity index (χ1v) is 6.72. The number of nitrogens with zero attached hydrogens (tertiary/aromatic N) is 2. The average Bonchev–Trinajstić information content (AvgIpc) is 2.75. The molecule has 0 aromatic heterocycles. The Morgan fingerprint density at radius 1 is 1.53 bits per heavy atom. The van der Waals surface area contributed by atoms with Gasteiger partial charge in [0.25, 0.3) is 0 Å². The van der Waals surface area contributed by atoms with E-state index in [4.69, 9.17) is 11.6 Å². The fourth-order valence-electron chi connectivity index (χ4n) is 1.21. The predicted octanol–water partition coefficient (Wildman–Crippen LogP) is 1.53. The van der Waals surface area contributed by atoms with Gasteiger partial charge < -0.3 is 0 Å². The summed E-state index contributed by atoms with van der Waals surface area (Å²) in [4.78, 5) is 27.3. The van der Waals surface area contributed by atoms with Crippen molar-refractivity contribution in [1.29, 1.82) is 0 Å². The highest BCUT2D eigenvalue weighted by atomic mass is 35.5. The lowest BCUT2D eigenvalue weighted by Crippen LogP contribution is -2.30. The van der Waals surface area contributed by atoms with Crippen LogP contribution in [-0.4, -0.2) is 44.9 Å². The minimum atomic E-state index is -0.774. The topological polar surface area (TPSA) is 61.8 Å². The molecule has 0 unspecified atom stereocenters. The van der Waals surface area contributed by atoms with E-state index in [1.165, 1.54) is 0 Å². The molecular formula is C7H8ClN3O2S2. The molecule has 2 rings (SSSR count). The number of carbonyl (C=O) groups excluding carboxylic acids is 2. The number of rotatable bonds is 1. The number of aliphatic imine (C=N–C) groups is 1. The van der Waals surface area contributed by atoms with Crippen LogP contribution in [0.15, 0.2) is 4.99 Å². The minimum absolute atomic E-state index is 0.130. The lowest BCUT2D eigenvalue weighted by molar-refractivity contribution is 0.213. The highest BCUT2D eigenvalue weighted by Crippen LogP contribution is 2.32. The van der Waals surface area contributed by atoms with Crippen LogP contribution in [0.5, 0.6) is 0 Å². The van der Waals surface area contributed by atoms with Gasteiger partial charge in [0.1, 0.15) is 10.5 Å². The summed E-state index contributed by atoms with van der Waals surface area (Å²) in [6.07, 6.45) is 0. The van der Waals surface area contributed by atoms with Gasteiger partial charge in [-0.3, -0.25) is 10.1 Å². The standard InChI is InChI=1S/C7H8ClN3O2S2/c8-5(12)11-3-4(9-6(11)13)10-7-14-1-2-15-7/h7H,1-3H2,(H,9,10,13). The van der Waals surface area contributed by atoms with Crippen molar-refractivity contribution >= 4 is 52.4 Å². The van der Waals surface area contributed by atoms with Gasteiger partial charge in [0.15, 0.2) is 0 Å². The zero-order valence-corrected chi connectivity index (χ0v) is 9.99. The molecule has 82 valence electrons. The second kappa shape index (κ2) is 4.63. The predicted molar refractivity (Wildman–Crippen MR) is 62.6 cm³/mol. The second-order valence-corrected chi connectivity index (χ2v) is 5.89. The summed E-state index contributed by atoms with van der Waals surface area (Å²) in [5, 5.41) is 1.74. The first kappa shape index (κ1) is 11.1. The average molecular weight is 266 g/mol. The van der Waals surface area contributed by atoms with Gasteiger partial charge in [0, 0.05) is 11.5 Å². The Morgan fingerprint density at radius 2 is 2.20 bits per heavy atom. The Kier molecular flexibility index (Phi) is 3.42. The smallest absolute Gasteiger partial charge is 0.294 e. The Hall–Kier alpha value is -0.400. The van der Waals surface area contributed by atoms with E-state index in [1.807, 2.05) is 0 Å². The fourth-order valence-corrected chi connectivity index (χ4v) is 3.89. The summed E-state index contributed by atoms with van der Waals surface area (Å²) in [7, 11) is 0. The summed E-state index contributed by atoms with van der Waals surface area (Å²) in [5.41, 5.74) is 0. The summed E-state index contributed by atoms with van der Waals surface area (Å²) in [6.45, 7) is 0.152. The molecule has 2 saturated heterocycles. The van der Waals surface area contributed by atoms with Crippen molar-refractivity contribution in [2.24, 2.45) is 4.99 Å². The molecule has 0 aliphatic carbocycles. The van der Waals surface area contributed by atoms with Crippen LogP contribution in [0, 0.1) is 0 Å². The zero-order chi connectivity index (χ0) is 10.8. The Labute approximate surface area is 100.0 Å². The summed E-state index contributed by atoms with van der Waals surface area (Å²) in [6, 6.07) is -0.498. The van der Waals surface area contributed by atoms with Crippen LogP contribution in [0.4, 0.5) is 9.59 Å². The third kappa shape index (κ3) is 2.59. The lowest BCUT2D eigenvalue weighted by Gasteiger charge is -2.04. The number of amidine groups is 1. The number of nitrogens with one attached hydrogen (secondary N) is 1. The van der Waals surface area contributed by atoms with E-state index >= 15 is 0 Å². The van der Waals surface area contributed by atoms with Gasteiger partial charge in [-0.1, -0.05) is 0 Å². The first-order valence-electron chi connectivity index (χ1n) is 4.24. The van der Waals surface area contributed by atoms with Gasteiger partial charge in [-0.15, -0.1) is 23.5 Å². The summed E-state index contributed by atoms with van der Waals surface area (Å²) >= 11 is 8.68. The van der Waals surface area contributed by atoms with Gasteiger partial charge in [-0.25, -0.2) is 14.7 Å². The maximum Gasteiger partial charge on any atom is 0.330 e. The quantitative estimate of drug-likeness (QED) is 0.577. The highest BCUT2D eigenvalue weighted by molar-refractivity contribution is 8.20. The molecule has 0 radical (unpaired) electrons. The van der Waals surface area contributed by atoms with Crippen LogP contribution >= 0.6 is 35.1 Å². The number of hydrogen-bond donors (Lipinski definition) is 1. The molecule has 1 N–H and O–H groups in total. The minimum Gasteiger partial charge on any atom is -0.294 e. The number of imide groups is 1. The van der Waals surface area contributed by atoms with E-state index in [0.717, 1.165) is 16.4 Å². The lowest BCUT2D eigenvalue weighted by atomic mass is 10.6. The first-order chi connectivity index (χ1) is 7.16. The van der Waals surface area contributed by atoms with E-state index in [9.17, 15) is 9.59 Å². The molecule has 2 heterocycles. The largest absolute Gasteiger partial charge is 0.330 e. The van der Waals surface area contributed by atoms with E-state index in [0.29, 0.717) is 5.84 Å². The van der Waals surface area contributed by atoms with Crippen molar-refractivity contribution in [3.8, 4) is 0 Å². The van der Waals surface area contributed by atoms with Crippen LogP contribution in [0.3, 0.4) is 0 Å². The monoisotopic (exact) mass is 265 g/mol. The molecule has 8 heteroatoms. The van der Waals surface area contributed by atoms with E-state index in [1.54, 1.807) is 23.5 Å². The van der Waals surface area contributed by atoms with Crippen molar-refractivity contribution < 1.29 is 9.59 Å². The summed E-state index contributed by atoms with van der Waals surface area (Å²) in [5.74, 6) is 2.65. The fraction of sp³-hybridized carbons (Fsp3) is 0.571. The summed E-state index contributed by atoms with van der Waals surface area (Å²) < 4.78 is 0.130. The van der Waals surface area contributed by atoms with Crippen LogP contribution < -0.4 is 5.32 Å². The molecule has 0 aromatic rings. The number of hydrogen-bond acceptors (Lipinski definition) is 5. The van der Waals surface area contributed by atoms with Crippen LogP contribution in [0.1, 0.15) is 0 Å². The number of thioether (sulfide) groups is 2. The van der Waals surface area contributed by atoms with Crippen molar-refractivity contribution in [3.05, 3.63) is 0 Å². The second-order valence-electron chi connectivity index (χ2n) is 2.89. The molecule has 0 atom stereocenters. The van der Waals surface area contributed by atoms with Crippen molar-refractivity contribution in [1.82, 2.24) is 10.2 Å². The molecule has 0 aromatic carbocycles. The van der Waals surface area contributed by atoms with Crippen molar-refractivity contribution in [2.45, 2.75) is 4.71 Å². The number of amides is 3. The van der Waals surface area contributed by atoms with Crippen molar-refractivity contribution in [3.63, 3.8) is 0 Å². The van der Waals surface area contributed by atoms with Gasteiger partial charge in [0.05, 0.1) is 6.54 Å². The number of carbonyl (C=O) groups is 2. The number of urea groups is 1. The van der Waals surface area contributed by atoms with Gasteiger partial charge in [-0.2, -0.15) is 0 Å². The molecule has 0 saturated carbocycles. The number of halogens is 1. The van der Waals surface area contributed by atoms with E-state index in [-0.39, 0.29) is 11.3 Å². The van der Waals surface area contributed by atoms with E-state index < -0.39 is 11.4 Å². The molecule has 3 amide bonds. The van der Waals surface area contributed by atoms with Crippen LogP contribution in [0.2, 0.25) is 0 Å². The maximum absolute atomic E-state index is 11.2. The SMILES string of the molecule is O=C(Cl)N1CC(=NC2SCCS2)NC1=O. The highest BCUT2D eigenvalue weighted by Gasteiger charge is 2.30. The zero-order valence-electron chi connectivity index (χ0n) is 7.60. The van der Waals surface area contributed by atoms with Crippen LogP contribution in [0.25, 0.3) is 0 Å². The third-order valence-electron chi connectivity index (χ3n) is 1.88. The van der Waals surface area contributed by atoms with Gasteiger partial charge in [-0.05, 0) is 11.6 Å². The van der Waals surface area contributed by atoms with Crippen LogP contribution in [-0.2, 0) is 0 Å². The molecular weight excluding hydrogens is 258 g/mol. The maximum atomic E-state index is 11.2. The Bertz CT molecular complexity index is 330. The molecule has 2 fully saturated rings. The normalized spacial score (nSPS) is 25.0. The molecule has 0 bridgehead atoms. The third-order valence-corrected chi connectivity index (χ3v) is 4.82. The van der Waals surface area contributed by atoms with E-state index in [2.05, 4.69) is 10.3 Å².